The van der Waals surface area contributed by atoms with Crippen molar-refractivity contribution < 1.29 is 51.1 Å². The number of aliphatic hydroxyl groups is 2. The third-order valence-electron chi connectivity index (χ3n) is 12.5. The summed E-state index contributed by atoms with van der Waals surface area (Å²) >= 11 is 0. The van der Waals surface area contributed by atoms with Gasteiger partial charge in [-0.25, -0.2) is 0 Å². The van der Waals surface area contributed by atoms with Crippen molar-refractivity contribution in [2.24, 2.45) is 11.8 Å². The highest BCUT2D eigenvalue weighted by Gasteiger charge is 2.48. The number of anilines is 1. The van der Waals surface area contributed by atoms with Gasteiger partial charge in [0.25, 0.3) is 5.91 Å². The highest BCUT2D eigenvalue weighted by Crippen LogP contribution is 2.43. The van der Waals surface area contributed by atoms with Crippen LogP contribution >= 0.6 is 0 Å². The summed E-state index contributed by atoms with van der Waals surface area (Å²) in [5.74, 6) is 1.02. The van der Waals surface area contributed by atoms with Crippen LogP contribution in [0.1, 0.15) is 121 Å². The Hall–Kier alpha value is -2.21. The Kier molecular flexibility index (Phi) is 14.1. The molecule has 0 spiro atoms. The molecule has 4 fully saturated rings. The number of unbranched alkanes of at least 4 members (excludes halogenated alkanes) is 5. The third-order valence-corrected chi connectivity index (χ3v) is 12.5. The van der Waals surface area contributed by atoms with E-state index in [0.717, 1.165) is 44.3 Å². The van der Waals surface area contributed by atoms with Crippen molar-refractivity contribution in [3.63, 3.8) is 0 Å². The SMILES string of the molecule is CC(C)(C)c1ccc([C@](O)(CO[C@H]2C[N+]3(CCCCCCCCNC[C@H](O)c4cc(O)cc5c4OCC(=O)N5)CCC2CC3)C2CCCC2)cc1.[Br-]. The fourth-order valence-corrected chi connectivity index (χ4v) is 9.27. The van der Waals surface area contributed by atoms with Crippen LogP contribution in [0.3, 0.4) is 0 Å². The largest absolute Gasteiger partial charge is 1.00 e. The number of carbonyl (C=O) groups is 1. The Labute approximate surface area is 322 Å². The predicted molar refractivity (Wildman–Crippen MR) is 201 cm³/mol. The molecule has 2 aromatic carbocycles. The predicted octanol–water partition coefficient (Wildman–Crippen LogP) is 3.69. The van der Waals surface area contributed by atoms with Crippen LogP contribution in [0.25, 0.3) is 0 Å². The summed E-state index contributed by atoms with van der Waals surface area (Å²) in [5.41, 5.74) is 2.37. The van der Waals surface area contributed by atoms with Crippen molar-refractivity contribution in [3.8, 4) is 11.5 Å². The van der Waals surface area contributed by atoms with Crippen LogP contribution in [-0.4, -0.2) is 84.3 Å². The average molecular weight is 787 g/mol. The molecule has 1 amide bonds. The lowest BCUT2D eigenvalue weighted by Gasteiger charge is -2.53. The van der Waals surface area contributed by atoms with Gasteiger partial charge < -0.3 is 56.9 Å². The van der Waals surface area contributed by atoms with E-state index in [4.69, 9.17) is 9.47 Å². The van der Waals surface area contributed by atoms with Crippen molar-refractivity contribution in [1.29, 1.82) is 0 Å². The highest BCUT2D eigenvalue weighted by molar-refractivity contribution is 5.96. The van der Waals surface area contributed by atoms with Crippen LogP contribution in [0.15, 0.2) is 36.4 Å². The number of piperidine rings is 3. The molecule has 9 nitrogen and oxygen atoms in total. The summed E-state index contributed by atoms with van der Waals surface area (Å²) < 4.78 is 13.5. The zero-order valence-corrected chi connectivity index (χ0v) is 33.4. The summed E-state index contributed by atoms with van der Waals surface area (Å²) in [5, 5.41) is 39.1. The van der Waals surface area contributed by atoms with Crippen LogP contribution in [0, 0.1) is 11.8 Å². The first-order chi connectivity index (χ1) is 24.5. The van der Waals surface area contributed by atoms with E-state index in [1.165, 1.54) is 93.2 Å². The number of phenols is 1. The van der Waals surface area contributed by atoms with E-state index < -0.39 is 11.7 Å². The Morgan fingerprint density at radius 3 is 2.31 bits per heavy atom. The van der Waals surface area contributed by atoms with Gasteiger partial charge in [-0.2, -0.15) is 0 Å². The van der Waals surface area contributed by atoms with Gasteiger partial charge in [-0.15, -0.1) is 0 Å². The van der Waals surface area contributed by atoms with Crippen molar-refractivity contribution >= 4 is 11.6 Å². The number of hydrogen-bond donors (Lipinski definition) is 5. The van der Waals surface area contributed by atoms with E-state index in [2.05, 4.69) is 55.7 Å². The van der Waals surface area contributed by atoms with E-state index in [9.17, 15) is 20.1 Å². The number of ether oxygens (including phenoxy) is 2. The normalized spacial score (nSPS) is 24.8. The van der Waals surface area contributed by atoms with Crippen LogP contribution in [-0.2, 0) is 20.5 Å². The van der Waals surface area contributed by atoms with Gasteiger partial charge in [-0.3, -0.25) is 4.79 Å². The molecule has 52 heavy (non-hydrogen) atoms. The molecule has 0 radical (unpaired) electrons. The number of rotatable bonds is 17. The van der Waals surface area contributed by atoms with E-state index >= 15 is 0 Å². The molecule has 0 aromatic heterocycles. The lowest BCUT2D eigenvalue weighted by Crippen LogP contribution is -3.00. The fraction of sp³-hybridized carbons (Fsp3) is 0.690. The first-order valence-corrected chi connectivity index (χ1v) is 19.9. The number of halogens is 1. The second-order valence-electron chi connectivity index (χ2n) is 17.2. The molecule has 4 heterocycles. The highest BCUT2D eigenvalue weighted by atomic mass is 79.9. The van der Waals surface area contributed by atoms with E-state index in [-0.39, 0.29) is 52.7 Å². The van der Waals surface area contributed by atoms with Gasteiger partial charge in [0.1, 0.15) is 29.7 Å². The van der Waals surface area contributed by atoms with Gasteiger partial charge in [0, 0.05) is 36.9 Å². The number of quaternary nitrogens is 1. The Bertz CT molecular complexity index is 1450. The summed E-state index contributed by atoms with van der Waals surface area (Å²) in [6, 6.07) is 11.7. The number of hydrogen-bond acceptors (Lipinski definition) is 7. The number of benzene rings is 2. The summed E-state index contributed by atoms with van der Waals surface area (Å²) in [4.78, 5) is 11.6. The number of amides is 1. The molecular formula is C42H64BrN3O6. The second-order valence-corrected chi connectivity index (χ2v) is 17.2. The molecule has 3 atom stereocenters. The monoisotopic (exact) mass is 785 g/mol. The van der Waals surface area contributed by atoms with Crippen molar-refractivity contribution in [2.75, 3.05) is 57.8 Å². The molecule has 1 aliphatic carbocycles. The minimum atomic E-state index is -0.917. The third kappa shape index (κ3) is 9.90. The molecular weight excluding hydrogens is 722 g/mol. The van der Waals surface area contributed by atoms with Gasteiger partial charge in [-0.1, -0.05) is 77.1 Å². The van der Waals surface area contributed by atoms with E-state index in [1.807, 2.05) is 0 Å². The number of aliphatic hydroxyl groups excluding tert-OH is 1. The zero-order chi connectivity index (χ0) is 36.1. The smallest absolute Gasteiger partial charge is 0.262 e. The Balaban J connectivity index is 0.00000523. The van der Waals surface area contributed by atoms with Crippen LogP contribution in [0.5, 0.6) is 11.5 Å². The molecule has 5 N–H and O–H groups in total. The topological polar surface area (TPSA) is 120 Å². The van der Waals surface area contributed by atoms with Crippen molar-refractivity contribution in [3.05, 3.63) is 53.1 Å². The molecule has 7 rings (SSSR count). The van der Waals surface area contributed by atoms with E-state index in [1.54, 1.807) is 0 Å². The maximum atomic E-state index is 12.3. The Morgan fingerprint density at radius 1 is 0.962 bits per heavy atom. The minimum absolute atomic E-state index is 0. The number of nitrogens with one attached hydrogen (secondary N) is 2. The number of carbonyl (C=O) groups excluding carboxylic acids is 1. The van der Waals surface area contributed by atoms with Crippen molar-refractivity contribution in [2.45, 2.75) is 121 Å². The molecule has 2 aromatic rings. The number of nitrogens with zero attached hydrogens (tertiary/aromatic N) is 1. The summed E-state index contributed by atoms with van der Waals surface area (Å²) in [6.07, 6.45) is 13.6. The van der Waals surface area contributed by atoms with Crippen LogP contribution in [0.2, 0.25) is 0 Å². The zero-order valence-electron chi connectivity index (χ0n) is 31.8. The first-order valence-electron chi connectivity index (χ1n) is 19.9. The average Bonchev–Trinajstić information content (AvgIpc) is 3.67. The maximum Gasteiger partial charge on any atom is 0.262 e. The van der Waals surface area contributed by atoms with Crippen LogP contribution in [0.4, 0.5) is 5.69 Å². The number of phenolic OH excluding ortho intramolecular Hbond substituents is 1. The molecule has 0 unspecified atom stereocenters. The van der Waals surface area contributed by atoms with Gasteiger partial charge in [-0.05, 0) is 67.2 Å². The molecule has 2 bridgehead atoms. The van der Waals surface area contributed by atoms with Gasteiger partial charge in [0.15, 0.2) is 6.61 Å². The lowest BCUT2D eigenvalue weighted by atomic mass is 9.78. The van der Waals surface area contributed by atoms with Crippen molar-refractivity contribution in [1.82, 2.24) is 5.32 Å². The molecule has 290 valence electrons. The quantitative estimate of drug-likeness (QED) is 0.123. The standard InChI is InChI=1S/C42H63N3O6.BrH/c1-41(2,3)31-14-16-33(17-15-31)42(49,32-12-8-9-13-32)29-51-38-27-45(22-18-30(38)19-23-45)21-11-7-5-4-6-10-20-43-26-37(47)35-24-34(46)25-36-40(35)50-28-39(48)44-36;/h14-17,24-25,30,32,37-38,43,47,49H,4-13,18-23,26-29H2,1-3H3,(H-,44,46,48);1H/t30?,37-,38-,42-,45?;/m0./s1. The molecule has 4 aliphatic heterocycles. The molecule has 10 heteroatoms. The molecule has 1 saturated carbocycles. The Morgan fingerprint density at radius 2 is 1.62 bits per heavy atom. The summed E-state index contributed by atoms with van der Waals surface area (Å²) in [7, 11) is 0. The lowest BCUT2D eigenvalue weighted by molar-refractivity contribution is -0.946. The van der Waals surface area contributed by atoms with E-state index in [0.29, 0.717) is 36.1 Å². The molecule has 3 saturated heterocycles. The molecule has 5 aliphatic rings. The fourth-order valence-electron chi connectivity index (χ4n) is 9.27. The minimum Gasteiger partial charge on any atom is -1.00 e. The van der Waals surface area contributed by atoms with Gasteiger partial charge >= 0.3 is 0 Å². The maximum absolute atomic E-state index is 12.3. The number of fused-ring (bicyclic) bond motifs is 4. The first kappa shape index (κ1) is 41.0. The van der Waals surface area contributed by atoms with Gasteiger partial charge in [0.05, 0.1) is 38.0 Å². The second kappa shape index (κ2) is 17.9. The number of aromatic hydroxyl groups is 1. The van der Waals surface area contributed by atoms with Crippen LogP contribution < -0.4 is 32.4 Å². The summed E-state index contributed by atoms with van der Waals surface area (Å²) in [6.45, 7) is 13.1. The van der Waals surface area contributed by atoms with Gasteiger partial charge in [0.2, 0.25) is 0 Å².